The first-order valence-electron chi connectivity index (χ1n) is 4.62. The SMILES string of the molecule is C=CC(=O)COC(=O)/C=C/c1cccnc1. The molecular weight excluding hydrogens is 206 g/mol. The first-order chi connectivity index (χ1) is 7.72. The molecule has 1 aromatic heterocycles. The third-order valence-corrected chi connectivity index (χ3v) is 1.68. The minimum absolute atomic E-state index is 0.278. The highest BCUT2D eigenvalue weighted by atomic mass is 16.5. The summed E-state index contributed by atoms with van der Waals surface area (Å²) in [5.74, 6) is -0.901. The van der Waals surface area contributed by atoms with Gasteiger partial charge in [0.2, 0.25) is 0 Å². The van der Waals surface area contributed by atoms with E-state index in [9.17, 15) is 9.59 Å². The second-order valence-electron chi connectivity index (χ2n) is 2.90. The summed E-state index contributed by atoms with van der Waals surface area (Å²) in [6.45, 7) is 2.99. The van der Waals surface area contributed by atoms with Gasteiger partial charge in [-0.1, -0.05) is 12.6 Å². The Bertz CT molecular complexity index is 410. The van der Waals surface area contributed by atoms with Crippen LogP contribution in [0.1, 0.15) is 5.56 Å². The number of esters is 1. The number of nitrogens with zero attached hydrogens (tertiary/aromatic N) is 1. The molecule has 4 heteroatoms. The van der Waals surface area contributed by atoms with Crippen molar-refractivity contribution in [2.45, 2.75) is 0 Å². The van der Waals surface area contributed by atoms with Crippen LogP contribution in [0.15, 0.2) is 43.3 Å². The average Bonchev–Trinajstić information content (AvgIpc) is 2.34. The minimum Gasteiger partial charge on any atom is -0.454 e. The fourth-order valence-corrected chi connectivity index (χ4v) is 0.888. The third kappa shape index (κ3) is 4.32. The van der Waals surface area contributed by atoms with Crippen molar-refractivity contribution >= 4 is 17.8 Å². The molecule has 16 heavy (non-hydrogen) atoms. The van der Waals surface area contributed by atoms with Crippen molar-refractivity contribution in [3.8, 4) is 0 Å². The first-order valence-corrected chi connectivity index (χ1v) is 4.62. The van der Waals surface area contributed by atoms with Gasteiger partial charge in [-0.05, 0) is 23.8 Å². The Hall–Kier alpha value is -2.23. The van der Waals surface area contributed by atoms with Crippen LogP contribution in [0.25, 0.3) is 6.08 Å². The highest BCUT2D eigenvalue weighted by Crippen LogP contribution is 1.98. The van der Waals surface area contributed by atoms with Crippen molar-refractivity contribution in [1.82, 2.24) is 4.98 Å². The van der Waals surface area contributed by atoms with Crippen LogP contribution in [0.5, 0.6) is 0 Å². The molecule has 0 saturated carbocycles. The molecule has 0 amide bonds. The van der Waals surface area contributed by atoms with E-state index >= 15 is 0 Å². The van der Waals surface area contributed by atoms with Gasteiger partial charge in [0.25, 0.3) is 0 Å². The molecule has 1 aromatic rings. The van der Waals surface area contributed by atoms with E-state index in [-0.39, 0.29) is 12.4 Å². The molecule has 0 aromatic carbocycles. The van der Waals surface area contributed by atoms with Gasteiger partial charge in [-0.25, -0.2) is 4.79 Å². The lowest BCUT2D eigenvalue weighted by Crippen LogP contribution is -2.09. The molecule has 0 aliphatic rings. The van der Waals surface area contributed by atoms with E-state index in [2.05, 4.69) is 16.3 Å². The summed E-state index contributed by atoms with van der Waals surface area (Å²) in [6.07, 6.45) is 7.16. The van der Waals surface area contributed by atoms with E-state index in [0.29, 0.717) is 0 Å². The second-order valence-corrected chi connectivity index (χ2v) is 2.90. The molecule has 0 atom stereocenters. The summed E-state index contributed by atoms with van der Waals surface area (Å²) in [5, 5.41) is 0. The molecule has 0 saturated heterocycles. The molecule has 0 spiro atoms. The Morgan fingerprint density at radius 1 is 1.50 bits per heavy atom. The van der Waals surface area contributed by atoms with Crippen molar-refractivity contribution in [2.24, 2.45) is 0 Å². The molecule has 0 radical (unpaired) electrons. The standard InChI is InChI=1S/C12H11NO3/c1-2-11(14)9-16-12(15)6-5-10-4-3-7-13-8-10/h2-8H,1,9H2/b6-5+. The summed E-state index contributed by atoms with van der Waals surface area (Å²) in [7, 11) is 0. The lowest BCUT2D eigenvalue weighted by atomic mass is 10.2. The van der Waals surface area contributed by atoms with Gasteiger partial charge in [0.1, 0.15) is 0 Å². The van der Waals surface area contributed by atoms with E-state index < -0.39 is 5.97 Å². The van der Waals surface area contributed by atoms with Crippen LogP contribution in [-0.4, -0.2) is 23.3 Å². The summed E-state index contributed by atoms with van der Waals surface area (Å²) < 4.78 is 4.65. The Balaban J connectivity index is 2.43. The maximum Gasteiger partial charge on any atom is 0.331 e. The van der Waals surface area contributed by atoms with E-state index in [0.717, 1.165) is 11.6 Å². The molecule has 1 rings (SSSR count). The van der Waals surface area contributed by atoms with Crippen molar-refractivity contribution in [2.75, 3.05) is 6.61 Å². The maximum atomic E-state index is 11.1. The lowest BCUT2D eigenvalue weighted by molar-refractivity contribution is -0.141. The van der Waals surface area contributed by atoms with Crippen LogP contribution < -0.4 is 0 Å². The largest absolute Gasteiger partial charge is 0.454 e. The van der Waals surface area contributed by atoms with Crippen molar-refractivity contribution < 1.29 is 14.3 Å². The zero-order valence-corrected chi connectivity index (χ0v) is 8.63. The number of ketones is 1. The van der Waals surface area contributed by atoms with Gasteiger partial charge in [0.05, 0.1) is 0 Å². The normalized spacial score (nSPS) is 10.0. The van der Waals surface area contributed by atoms with Crippen molar-refractivity contribution in [1.29, 1.82) is 0 Å². The number of rotatable bonds is 5. The van der Waals surface area contributed by atoms with Gasteiger partial charge in [0.15, 0.2) is 12.4 Å². The van der Waals surface area contributed by atoms with E-state index in [1.54, 1.807) is 30.6 Å². The van der Waals surface area contributed by atoms with E-state index in [1.807, 2.05) is 0 Å². The van der Waals surface area contributed by atoms with Gasteiger partial charge in [-0.2, -0.15) is 0 Å². The quantitative estimate of drug-likeness (QED) is 0.552. The van der Waals surface area contributed by atoms with Crippen LogP contribution >= 0.6 is 0 Å². The van der Waals surface area contributed by atoms with Gasteiger partial charge >= 0.3 is 5.97 Å². The Kier molecular flexibility index (Phi) is 4.66. The van der Waals surface area contributed by atoms with Crippen LogP contribution in [0.4, 0.5) is 0 Å². The summed E-state index contributed by atoms with van der Waals surface area (Å²) in [6, 6.07) is 3.55. The number of aromatic nitrogens is 1. The predicted octanol–water partition coefficient (Wildman–Crippen LogP) is 1.39. The topological polar surface area (TPSA) is 56.3 Å². The van der Waals surface area contributed by atoms with Crippen LogP contribution in [0, 0.1) is 0 Å². The van der Waals surface area contributed by atoms with Crippen molar-refractivity contribution in [3.05, 3.63) is 48.8 Å². The molecule has 0 aliphatic carbocycles. The number of hydrogen-bond donors (Lipinski definition) is 0. The second kappa shape index (κ2) is 6.29. The average molecular weight is 217 g/mol. The molecule has 4 nitrogen and oxygen atoms in total. The number of carbonyl (C=O) groups excluding carboxylic acids is 2. The number of pyridine rings is 1. The summed E-state index contributed by atoms with van der Waals surface area (Å²) in [5.41, 5.74) is 0.787. The molecule has 0 fully saturated rings. The number of ether oxygens (including phenoxy) is 1. The number of carbonyl (C=O) groups is 2. The van der Waals surface area contributed by atoms with Gasteiger partial charge < -0.3 is 4.74 Å². The highest BCUT2D eigenvalue weighted by molar-refractivity contribution is 5.93. The Morgan fingerprint density at radius 2 is 2.31 bits per heavy atom. The molecule has 0 N–H and O–H groups in total. The van der Waals surface area contributed by atoms with Gasteiger partial charge in [-0.3, -0.25) is 9.78 Å². The molecule has 0 aliphatic heterocycles. The summed E-state index contributed by atoms with van der Waals surface area (Å²) >= 11 is 0. The lowest BCUT2D eigenvalue weighted by Gasteiger charge is -1.97. The summed E-state index contributed by atoms with van der Waals surface area (Å²) in [4.78, 5) is 25.8. The predicted molar refractivity (Wildman–Crippen MR) is 59.4 cm³/mol. The van der Waals surface area contributed by atoms with E-state index in [1.165, 1.54) is 6.08 Å². The Morgan fingerprint density at radius 3 is 2.94 bits per heavy atom. The molecule has 82 valence electrons. The van der Waals surface area contributed by atoms with Crippen LogP contribution in [-0.2, 0) is 14.3 Å². The van der Waals surface area contributed by atoms with Crippen LogP contribution in [0.3, 0.4) is 0 Å². The first kappa shape index (κ1) is 11.8. The number of hydrogen-bond acceptors (Lipinski definition) is 4. The molecule has 1 heterocycles. The third-order valence-electron chi connectivity index (χ3n) is 1.68. The van der Waals surface area contributed by atoms with Gasteiger partial charge in [0, 0.05) is 18.5 Å². The minimum atomic E-state index is -0.570. The molecular formula is C12H11NO3. The van der Waals surface area contributed by atoms with E-state index in [4.69, 9.17) is 0 Å². The van der Waals surface area contributed by atoms with Crippen LogP contribution in [0.2, 0.25) is 0 Å². The smallest absolute Gasteiger partial charge is 0.331 e. The maximum absolute atomic E-state index is 11.1. The zero-order chi connectivity index (χ0) is 11.8. The fourth-order valence-electron chi connectivity index (χ4n) is 0.888. The zero-order valence-electron chi connectivity index (χ0n) is 8.63. The highest BCUT2D eigenvalue weighted by Gasteiger charge is 2.00. The monoisotopic (exact) mass is 217 g/mol. The van der Waals surface area contributed by atoms with Gasteiger partial charge in [-0.15, -0.1) is 0 Å². The molecule has 0 unspecified atom stereocenters. The molecule has 0 bridgehead atoms. The van der Waals surface area contributed by atoms with Crippen molar-refractivity contribution in [3.63, 3.8) is 0 Å². The fraction of sp³-hybridized carbons (Fsp3) is 0.0833. The Labute approximate surface area is 93.3 Å².